The molecule has 0 amide bonds. The fraction of sp³-hybridized carbons (Fsp3) is 0.667. The van der Waals surface area contributed by atoms with E-state index in [2.05, 4.69) is 15.2 Å². The minimum atomic E-state index is -0.128. The molecule has 0 aliphatic carbocycles. The van der Waals surface area contributed by atoms with E-state index < -0.39 is 0 Å². The van der Waals surface area contributed by atoms with Crippen LogP contribution in [0.25, 0.3) is 0 Å². The van der Waals surface area contributed by atoms with E-state index in [4.69, 9.17) is 10.5 Å². The van der Waals surface area contributed by atoms with Gasteiger partial charge >= 0.3 is 0 Å². The van der Waals surface area contributed by atoms with Crippen molar-refractivity contribution in [2.75, 3.05) is 7.11 Å². The van der Waals surface area contributed by atoms with E-state index in [1.807, 2.05) is 6.92 Å². The Hall–Kier alpha value is -0.940. The summed E-state index contributed by atoms with van der Waals surface area (Å²) in [5.41, 5.74) is 5.54. The fourth-order valence-electron chi connectivity index (χ4n) is 0.715. The van der Waals surface area contributed by atoms with Gasteiger partial charge in [-0.2, -0.15) is 5.10 Å². The Morgan fingerprint density at radius 3 is 2.91 bits per heavy atom. The standard InChI is InChI=1S/C6H12N4O/c1-4(7)6-8-5(3-11-2)9-10-6/h4H,3,7H2,1-2H3,(H,8,9,10). The molecule has 0 bridgehead atoms. The van der Waals surface area contributed by atoms with Crippen LogP contribution < -0.4 is 5.73 Å². The molecule has 11 heavy (non-hydrogen) atoms. The molecule has 1 aromatic heterocycles. The molecule has 0 aliphatic rings. The zero-order valence-electron chi connectivity index (χ0n) is 6.66. The summed E-state index contributed by atoms with van der Waals surface area (Å²) in [6.45, 7) is 2.28. The molecule has 0 radical (unpaired) electrons. The van der Waals surface area contributed by atoms with Gasteiger partial charge in [0.15, 0.2) is 11.6 Å². The third-order valence-corrected chi connectivity index (χ3v) is 1.24. The Morgan fingerprint density at radius 1 is 1.73 bits per heavy atom. The number of ether oxygens (including phenoxy) is 1. The Labute approximate surface area is 65.0 Å². The van der Waals surface area contributed by atoms with Crippen LogP contribution in [0.15, 0.2) is 0 Å². The Kier molecular flexibility index (Phi) is 2.56. The third-order valence-electron chi connectivity index (χ3n) is 1.24. The molecule has 5 heteroatoms. The van der Waals surface area contributed by atoms with Gasteiger partial charge < -0.3 is 10.5 Å². The molecular formula is C6H12N4O. The van der Waals surface area contributed by atoms with E-state index in [9.17, 15) is 0 Å². The van der Waals surface area contributed by atoms with Gasteiger partial charge in [0.05, 0.1) is 6.04 Å². The van der Waals surface area contributed by atoms with Gasteiger partial charge in [-0.05, 0) is 6.92 Å². The lowest BCUT2D eigenvalue weighted by atomic mass is 10.3. The van der Waals surface area contributed by atoms with E-state index in [1.54, 1.807) is 7.11 Å². The summed E-state index contributed by atoms with van der Waals surface area (Å²) in [7, 11) is 1.61. The fourth-order valence-corrected chi connectivity index (χ4v) is 0.715. The van der Waals surface area contributed by atoms with Crippen molar-refractivity contribution in [3.8, 4) is 0 Å². The largest absolute Gasteiger partial charge is 0.377 e. The number of hydrogen-bond acceptors (Lipinski definition) is 4. The normalized spacial score (nSPS) is 13.4. The highest BCUT2D eigenvalue weighted by Gasteiger charge is 2.05. The molecule has 1 aromatic rings. The summed E-state index contributed by atoms with van der Waals surface area (Å²) in [6, 6.07) is -0.128. The molecule has 62 valence electrons. The molecule has 1 heterocycles. The van der Waals surface area contributed by atoms with E-state index in [1.165, 1.54) is 0 Å². The lowest BCUT2D eigenvalue weighted by Crippen LogP contribution is -2.06. The average molecular weight is 156 g/mol. The minimum Gasteiger partial charge on any atom is -0.377 e. The molecule has 0 fully saturated rings. The first-order chi connectivity index (χ1) is 5.24. The molecular weight excluding hydrogens is 144 g/mol. The van der Waals surface area contributed by atoms with Crippen molar-refractivity contribution in [2.45, 2.75) is 19.6 Å². The second-order valence-electron chi connectivity index (χ2n) is 2.36. The van der Waals surface area contributed by atoms with Gasteiger partial charge in [0, 0.05) is 7.11 Å². The van der Waals surface area contributed by atoms with Gasteiger partial charge in [0.25, 0.3) is 0 Å². The Balaban J connectivity index is 2.66. The second-order valence-corrected chi connectivity index (χ2v) is 2.36. The Bertz CT molecular complexity index is 220. The molecule has 0 saturated carbocycles. The molecule has 0 saturated heterocycles. The number of aromatic nitrogens is 3. The van der Waals surface area contributed by atoms with Crippen molar-refractivity contribution in [1.29, 1.82) is 0 Å². The highest BCUT2D eigenvalue weighted by molar-refractivity contribution is 4.92. The first kappa shape index (κ1) is 8.16. The zero-order chi connectivity index (χ0) is 8.27. The smallest absolute Gasteiger partial charge is 0.167 e. The number of nitrogens with one attached hydrogen (secondary N) is 1. The van der Waals surface area contributed by atoms with Crippen molar-refractivity contribution < 1.29 is 4.74 Å². The van der Waals surface area contributed by atoms with Crippen LogP contribution in [0.5, 0.6) is 0 Å². The first-order valence-electron chi connectivity index (χ1n) is 3.39. The number of rotatable bonds is 3. The van der Waals surface area contributed by atoms with E-state index in [0.29, 0.717) is 18.3 Å². The predicted octanol–water partition coefficient (Wildman–Crippen LogP) is -0.0292. The maximum absolute atomic E-state index is 5.54. The highest BCUT2D eigenvalue weighted by Crippen LogP contribution is 2.01. The van der Waals surface area contributed by atoms with Gasteiger partial charge in [-0.15, -0.1) is 0 Å². The molecule has 1 atom stereocenters. The molecule has 0 spiro atoms. The minimum absolute atomic E-state index is 0.128. The van der Waals surface area contributed by atoms with Crippen LogP contribution in [-0.2, 0) is 11.3 Å². The average Bonchev–Trinajstić information content (AvgIpc) is 2.37. The molecule has 0 aromatic carbocycles. The number of hydrogen-bond donors (Lipinski definition) is 2. The highest BCUT2D eigenvalue weighted by atomic mass is 16.5. The maximum Gasteiger partial charge on any atom is 0.167 e. The monoisotopic (exact) mass is 156 g/mol. The number of methoxy groups -OCH3 is 1. The van der Waals surface area contributed by atoms with E-state index in [0.717, 1.165) is 0 Å². The number of aromatic amines is 1. The maximum atomic E-state index is 5.54. The molecule has 3 N–H and O–H groups in total. The van der Waals surface area contributed by atoms with Crippen molar-refractivity contribution in [2.24, 2.45) is 5.73 Å². The number of nitrogens with two attached hydrogens (primary N) is 1. The van der Waals surface area contributed by atoms with Gasteiger partial charge in [-0.3, -0.25) is 5.10 Å². The lowest BCUT2D eigenvalue weighted by molar-refractivity contribution is 0.178. The van der Waals surface area contributed by atoms with Crippen LogP contribution >= 0.6 is 0 Å². The molecule has 0 aliphatic heterocycles. The number of nitrogens with zero attached hydrogens (tertiary/aromatic N) is 2. The summed E-state index contributed by atoms with van der Waals surface area (Å²) in [6.07, 6.45) is 0. The van der Waals surface area contributed by atoms with Crippen molar-refractivity contribution in [3.05, 3.63) is 11.6 Å². The van der Waals surface area contributed by atoms with Gasteiger partial charge in [-0.25, -0.2) is 4.98 Å². The van der Waals surface area contributed by atoms with E-state index >= 15 is 0 Å². The second kappa shape index (κ2) is 3.45. The van der Waals surface area contributed by atoms with Crippen molar-refractivity contribution in [3.63, 3.8) is 0 Å². The summed E-state index contributed by atoms with van der Waals surface area (Å²) in [5, 5.41) is 6.62. The summed E-state index contributed by atoms with van der Waals surface area (Å²) in [4.78, 5) is 4.08. The van der Waals surface area contributed by atoms with Crippen LogP contribution in [0, 0.1) is 0 Å². The SMILES string of the molecule is COCc1nc(C(C)N)n[nH]1. The topological polar surface area (TPSA) is 76.8 Å². The number of H-pyrrole nitrogens is 1. The van der Waals surface area contributed by atoms with Crippen LogP contribution in [0.3, 0.4) is 0 Å². The third kappa shape index (κ3) is 1.99. The van der Waals surface area contributed by atoms with Gasteiger partial charge in [-0.1, -0.05) is 0 Å². The first-order valence-corrected chi connectivity index (χ1v) is 3.39. The summed E-state index contributed by atoms with van der Waals surface area (Å²) in [5.74, 6) is 1.33. The van der Waals surface area contributed by atoms with Gasteiger partial charge in [0.2, 0.25) is 0 Å². The molecule has 1 unspecified atom stereocenters. The van der Waals surface area contributed by atoms with Crippen LogP contribution in [0.4, 0.5) is 0 Å². The zero-order valence-corrected chi connectivity index (χ0v) is 6.66. The summed E-state index contributed by atoms with van der Waals surface area (Å²) < 4.78 is 4.85. The lowest BCUT2D eigenvalue weighted by Gasteiger charge is -1.94. The van der Waals surface area contributed by atoms with Crippen LogP contribution in [-0.4, -0.2) is 22.3 Å². The van der Waals surface area contributed by atoms with Crippen molar-refractivity contribution >= 4 is 0 Å². The Morgan fingerprint density at radius 2 is 2.45 bits per heavy atom. The van der Waals surface area contributed by atoms with Gasteiger partial charge in [0.1, 0.15) is 6.61 Å². The van der Waals surface area contributed by atoms with Crippen LogP contribution in [0.1, 0.15) is 24.6 Å². The predicted molar refractivity (Wildman–Crippen MR) is 39.7 cm³/mol. The molecule has 1 rings (SSSR count). The summed E-state index contributed by atoms with van der Waals surface area (Å²) >= 11 is 0. The quantitative estimate of drug-likeness (QED) is 0.644. The van der Waals surface area contributed by atoms with Crippen molar-refractivity contribution in [1.82, 2.24) is 15.2 Å². The van der Waals surface area contributed by atoms with Crippen LogP contribution in [0.2, 0.25) is 0 Å². The molecule has 5 nitrogen and oxygen atoms in total. The van der Waals surface area contributed by atoms with E-state index in [-0.39, 0.29) is 6.04 Å².